The largest absolute Gasteiger partial charge is 0.351 e. The minimum Gasteiger partial charge on any atom is -0.351 e. The predicted octanol–water partition coefficient (Wildman–Crippen LogP) is 3.10. The van der Waals surface area contributed by atoms with E-state index in [1.807, 2.05) is 20.8 Å². The highest BCUT2D eigenvalue weighted by molar-refractivity contribution is 5.76. The van der Waals surface area contributed by atoms with Gasteiger partial charge in [0.25, 0.3) is 0 Å². The van der Waals surface area contributed by atoms with E-state index < -0.39 is 0 Å². The summed E-state index contributed by atoms with van der Waals surface area (Å²) < 4.78 is 0. The number of carbonyl (C=O) groups excluding carboxylic acids is 1. The van der Waals surface area contributed by atoms with Gasteiger partial charge in [0.05, 0.1) is 0 Å². The van der Waals surface area contributed by atoms with Crippen molar-refractivity contribution < 1.29 is 4.79 Å². The second-order valence-electron chi connectivity index (χ2n) is 5.47. The Kier molecular flexibility index (Phi) is 4.73. The van der Waals surface area contributed by atoms with Crippen LogP contribution >= 0.6 is 0 Å². The molecule has 1 aromatic carbocycles. The van der Waals surface area contributed by atoms with Crippen molar-refractivity contribution in [1.29, 1.82) is 0 Å². The molecule has 94 valence electrons. The van der Waals surface area contributed by atoms with Crippen molar-refractivity contribution in [3.8, 4) is 0 Å². The predicted molar refractivity (Wildman–Crippen MR) is 72.0 cm³/mol. The SMILES string of the molecule is CCc1ccc(CCC(=O)NC(C)(C)C)cc1. The van der Waals surface area contributed by atoms with E-state index in [2.05, 4.69) is 36.5 Å². The summed E-state index contributed by atoms with van der Waals surface area (Å²) in [4.78, 5) is 11.6. The zero-order valence-corrected chi connectivity index (χ0v) is 11.3. The maximum atomic E-state index is 11.6. The van der Waals surface area contributed by atoms with Crippen molar-refractivity contribution in [3.63, 3.8) is 0 Å². The monoisotopic (exact) mass is 233 g/mol. The van der Waals surface area contributed by atoms with Gasteiger partial charge in [-0.05, 0) is 44.7 Å². The number of nitrogens with one attached hydrogen (secondary N) is 1. The molecule has 0 unspecified atom stereocenters. The Hall–Kier alpha value is -1.31. The molecule has 0 saturated heterocycles. The van der Waals surface area contributed by atoms with Crippen LogP contribution in [0.4, 0.5) is 0 Å². The van der Waals surface area contributed by atoms with Gasteiger partial charge in [0.1, 0.15) is 0 Å². The highest BCUT2D eigenvalue weighted by Gasteiger charge is 2.13. The average molecular weight is 233 g/mol. The van der Waals surface area contributed by atoms with Crippen LogP contribution in [0.1, 0.15) is 45.2 Å². The van der Waals surface area contributed by atoms with Gasteiger partial charge < -0.3 is 5.32 Å². The molecule has 2 heteroatoms. The third-order valence-corrected chi connectivity index (χ3v) is 2.59. The molecule has 0 aromatic heterocycles. The van der Waals surface area contributed by atoms with Crippen LogP contribution in [0.25, 0.3) is 0 Å². The number of benzene rings is 1. The smallest absolute Gasteiger partial charge is 0.220 e. The summed E-state index contributed by atoms with van der Waals surface area (Å²) in [5, 5.41) is 2.97. The molecule has 17 heavy (non-hydrogen) atoms. The van der Waals surface area contributed by atoms with E-state index in [-0.39, 0.29) is 11.4 Å². The minimum absolute atomic E-state index is 0.122. The van der Waals surface area contributed by atoms with E-state index in [1.54, 1.807) is 0 Å². The van der Waals surface area contributed by atoms with Gasteiger partial charge in [0.15, 0.2) is 0 Å². The molecule has 0 saturated carbocycles. The van der Waals surface area contributed by atoms with Gasteiger partial charge in [-0.15, -0.1) is 0 Å². The lowest BCUT2D eigenvalue weighted by atomic mass is 10.0. The van der Waals surface area contributed by atoms with Gasteiger partial charge in [0.2, 0.25) is 5.91 Å². The standard InChI is InChI=1S/C15H23NO/c1-5-12-6-8-13(9-7-12)10-11-14(17)16-15(2,3)4/h6-9H,5,10-11H2,1-4H3,(H,16,17). The molecule has 1 N–H and O–H groups in total. The number of hydrogen-bond acceptors (Lipinski definition) is 1. The summed E-state index contributed by atoms with van der Waals surface area (Å²) in [5.74, 6) is 0.122. The molecule has 0 aliphatic carbocycles. The number of hydrogen-bond donors (Lipinski definition) is 1. The Bertz CT molecular complexity index is 360. The van der Waals surface area contributed by atoms with Crippen LogP contribution in [0, 0.1) is 0 Å². The Balaban J connectivity index is 2.42. The summed E-state index contributed by atoms with van der Waals surface area (Å²) >= 11 is 0. The maximum Gasteiger partial charge on any atom is 0.220 e. The van der Waals surface area contributed by atoms with Crippen LogP contribution in [-0.4, -0.2) is 11.4 Å². The number of aryl methyl sites for hydroxylation is 2. The van der Waals surface area contributed by atoms with Gasteiger partial charge >= 0.3 is 0 Å². The third kappa shape index (κ3) is 5.53. The van der Waals surface area contributed by atoms with E-state index in [4.69, 9.17) is 0 Å². The lowest BCUT2D eigenvalue weighted by molar-refractivity contribution is -0.122. The van der Waals surface area contributed by atoms with Gasteiger partial charge in [-0.3, -0.25) is 4.79 Å². The molecule has 1 aromatic rings. The normalized spacial score (nSPS) is 11.3. The van der Waals surface area contributed by atoms with Crippen LogP contribution in [0.3, 0.4) is 0 Å². The molecule has 1 rings (SSSR count). The van der Waals surface area contributed by atoms with Gasteiger partial charge in [-0.2, -0.15) is 0 Å². The molecule has 0 aliphatic heterocycles. The summed E-state index contributed by atoms with van der Waals surface area (Å²) in [7, 11) is 0. The van der Waals surface area contributed by atoms with Crippen molar-refractivity contribution in [1.82, 2.24) is 5.32 Å². The zero-order chi connectivity index (χ0) is 12.9. The van der Waals surface area contributed by atoms with Crippen LogP contribution in [0.15, 0.2) is 24.3 Å². The summed E-state index contributed by atoms with van der Waals surface area (Å²) in [6.07, 6.45) is 2.43. The third-order valence-electron chi connectivity index (χ3n) is 2.59. The van der Waals surface area contributed by atoms with Crippen molar-refractivity contribution in [2.75, 3.05) is 0 Å². The van der Waals surface area contributed by atoms with Gasteiger partial charge in [0, 0.05) is 12.0 Å². The maximum absolute atomic E-state index is 11.6. The van der Waals surface area contributed by atoms with Crippen LogP contribution < -0.4 is 5.32 Å². The molecular weight excluding hydrogens is 210 g/mol. The minimum atomic E-state index is -0.136. The summed E-state index contributed by atoms with van der Waals surface area (Å²) in [6.45, 7) is 8.15. The molecule has 0 bridgehead atoms. The molecule has 0 spiro atoms. The molecule has 0 radical (unpaired) electrons. The average Bonchev–Trinajstić information content (AvgIpc) is 2.25. The first-order valence-corrected chi connectivity index (χ1v) is 6.29. The Morgan fingerprint density at radius 3 is 2.12 bits per heavy atom. The van der Waals surface area contributed by atoms with E-state index in [9.17, 15) is 4.79 Å². The second kappa shape index (κ2) is 5.85. The zero-order valence-electron chi connectivity index (χ0n) is 11.3. The van der Waals surface area contributed by atoms with Crippen molar-refractivity contribution >= 4 is 5.91 Å². The molecular formula is C15H23NO. The lowest BCUT2D eigenvalue weighted by Gasteiger charge is -2.20. The van der Waals surface area contributed by atoms with Crippen molar-refractivity contribution in [3.05, 3.63) is 35.4 Å². The quantitative estimate of drug-likeness (QED) is 0.850. The first-order chi connectivity index (χ1) is 7.90. The van der Waals surface area contributed by atoms with E-state index in [0.29, 0.717) is 6.42 Å². The van der Waals surface area contributed by atoms with Crippen LogP contribution in [0.2, 0.25) is 0 Å². The second-order valence-corrected chi connectivity index (χ2v) is 5.47. The fourth-order valence-electron chi connectivity index (χ4n) is 1.68. The van der Waals surface area contributed by atoms with Crippen LogP contribution in [0.5, 0.6) is 0 Å². The van der Waals surface area contributed by atoms with Gasteiger partial charge in [-0.1, -0.05) is 31.2 Å². The first-order valence-electron chi connectivity index (χ1n) is 6.29. The summed E-state index contributed by atoms with van der Waals surface area (Å²) in [6, 6.07) is 8.50. The Labute approximate surface area is 104 Å². The summed E-state index contributed by atoms with van der Waals surface area (Å²) in [5.41, 5.74) is 2.43. The Morgan fingerprint density at radius 2 is 1.65 bits per heavy atom. The lowest BCUT2D eigenvalue weighted by Crippen LogP contribution is -2.40. The first kappa shape index (κ1) is 13.8. The molecule has 0 fully saturated rings. The highest BCUT2D eigenvalue weighted by atomic mass is 16.1. The molecule has 2 nitrogen and oxygen atoms in total. The fraction of sp³-hybridized carbons (Fsp3) is 0.533. The van der Waals surface area contributed by atoms with Crippen LogP contribution in [-0.2, 0) is 17.6 Å². The molecule has 0 aliphatic rings. The highest BCUT2D eigenvalue weighted by Crippen LogP contribution is 2.08. The number of rotatable bonds is 4. The molecule has 0 atom stereocenters. The van der Waals surface area contributed by atoms with E-state index in [0.717, 1.165) is 12.8 Å². The number of amides is 1. The van der Waals surface area contributed by atoms with E-state index in [1.165, 1.54) is 11.1 Å². The molecule has 0 heterocycles. The van der Waals surface area contributed by atoms with Crippen molar-refractivity contribution in [2.45, 2.75) is 52.5 Å². The van der Waals surface area contributed by atoms with Gasteiger partial charge in [-0.25, -0.2) is 0 Å². The fourth-order valence-corrected chi connectivity index (χ4v) is 1.68. The van der Waals surface area contributed by atoms with Crippen molar-refractivity contribution in [2.24, 2.45) is 0 Å². The Morgan fingerprint density at radius 1 is 1.12 bits per heavy atom. The number of carbonyl (C=O) groups is 1. The van der Waals surface area contributed by atoms with E-state index >= 15 is 0 Å². The topological polar surface area (TPSA) is 29.1 Å². The molecule has 1 amide bonds.